The van der Waals surface area contributed by atoms with Gasteiger partial charge in [0.2, 0.25) is 0 Å². The molecule has 0 aliphatic rings. The van der Waals surface area contributed by atoms with Gasteiger partial charge in [0.15, 0.2) is 0 Å². The van der Waals surface area contributed by atoms with Crippen LogP contribution in [0.3, 0.4) is 0 Å². The number of hydrogen-bond acceptors (Lipinski definition) is 3. The van der Waals surface area contributed by atoms with Crippen LogP contribution < -0.4 is 11.3 Å². The molecule has 0 atom stereocenters. The first-order chi connectivity index (χ1) is 8.72. The van der Waals surface area contributed by atoms with Gasteiger partial charge in [-0.15, -0.1) is 0 Å². The first kappa shape index (κ1) is 12.8. The van der Waals surface area contributed by atoms with Crippen LogP contribution in [-0.4, -0.2) is 4.98 Å². The van der Waals surface area contributed by atoms with Crippen molar-refractivity contribution in [3.8, 4) is 0 Å². The SMILES string of the molecule is CCCc1cccc2c(NN)c(C)c(CC)nc12. The summed E-state index contributed by atoms with van der Waals surface area (Å²) in [5.41, 5.74) is 8.53. The highest BCUT2D eigenvalue weighted by atomic mass is 15.2. The van der Waals surface area contributed by atoms with Crippen molar-refractivity contribution in [2.24, 2.45) is 5.84 Å². The normalized spacial score (nSPS) is 10.9. The number of anilines is 1. The Bertz CT molecular complexity index is 561. The molecule has 0 aliphatic heterocycles. The van der Waals surface area contributed by atoms with Gasteiger partial charge in [0.05, 0.1) is 11.2 Å². The van der Waals surface area contributed by atoms with Crippen LogP contribution in [0.5, 0.6) is 0 Å². The molecule has 0 saturated carbocycles. The molecule has 0 bridgehead atoms. The lowest BCUT2D eigenvalue weighted by atomic mass is 10.0. The van der Waals surface area contributed by atoms with Gasteiger partial charge >= 0.3 is 0 Å². The first-order valence-corrected chi connectivity index (χ1v) is 6.60. The number of para-hydroxylation sites is 1. The van der Waals surface area contributed by atoms with Gasteiger partial charge in [-0.25, -0.2) is 0 Å². The smallest absolute Gasteiger partial charge is 0.0758 e. The number of rotatable bonds is 4. The Labute approximate surface area is 108 Å². The first-order valence-electron chi connectivity index (χ1n) is 6.60. The largest absolute Gasteiger partial charge is 0.323 e. The maximum absolute atomic E-state index is 5.69. The highest BCUT2D eigenvalue weighted by molar-refractivity contribution is 5.95. The summed E-state index contributed by atoms with van der Waals surface area (Å²) in [4.78, 5) is 4.82. The zero-order chi connectivity index (χ0) is 13.1. The molecule has 0 fully saturated rings. The van der Waals surface area contributed by atoms with Crippen LogP contribution >= 0.6 is 0 Å². The summed E-state index contributed by atoms with van der Waals surface area (Å²) in [5, 5.41) is 1.12. The standard InChI is InChI=1S/C15H21N3/c1-4-7-11-8-6-9-12-14(18-16)10(3)13(5-2)17-15(11)12/h6,8-9H,4-5,7,16H2,1-3H3,(H,17,18). The molecule has 1 heterocycles. The molecule has 2 aromatic rings. The van der Waals surface area contributed by atoms with Gasteiger partial charge in [-0.2, -0.15) is 0 Å². The minimum Gasteiger partial charge on any atom is -0.323 e. The van der Waals surface area contributed by atoms with Crippen molar-refractivity contribution in [2.75, 3.05) is 5.43 Å². The number of nitrogens with one attached hydrogen (secondary N) is 1. The third-order valence-corrected chi connectivity index (χ3v) is 3.44. The van der Waals surface area contributed by atoms with E-state index in [9.17, 15) is 0 Å². The van der Waals surface area contributed by atoms with Gasteiger partial charge in [-0.05, 0) is 30.9 Å². The molecule has 2 rings (SSSR count). The van der Waals surface area contributed by atoms with Gasteiger partial charge < -0.3 is 5.43 Å². The molecule has 0 unspecified atom stereocenters. The highest BCUT2D eigenvalue weighted by Gasteiger charge is 2.11. The number of pyridine rings is 1. The number of hydrazine groups is 1. The number of nitrogens with zero attached hydrogens (tertiary/aromatic N) is 1. The predicted octanol–water partition coefficient (Wildman–Crippen LogP) is 3.34. The lowest BCUT2D eigenvalue weighted by molar-refractivity contribution is 0.922. The minimum atomic E-state index is 0.927. The summed E-state index contributed by atoms with van der Waals surface area (Å²) in [5.74, 6) is 5.69. The second-order valence-corrected chi connectivity index (χ2v) is 4.62. The minimum absolute atomic E-state index is 0.927. The van der Waals surface area contributed by atoms with Crippen molar-refractivity contribution >= 4 is 16.6 Å². The molecule has 0 saturated heterocycles. The number of benzene rings is 1. The van der Waals surface area contributed by atoms with Crippen molar-refractivity contribution < 1.29 is 0 Å². The Kier molecular flexibility index (Phi) is 3.82. The number of nitrogens with two attached hydrogens (primary N) is 1. The molecule has 1 aromatic carbocycles. The topological polar surface area (TPSA) is 50.9 Å². The van der Waals surface area contributed by atoms with Crippen LogP contribution in [-0.2, 0) is 12.8 Å². The Hall–Kier alpha value is -1.61. The van der Waals surface area contributed by atoms with Crippen molar-refractivity contribution in [2.45, 2.75) is 40.0 Å². The third-order valence-electron chi connectivity index (χ3n) is 3.44. The fourth-order valence-corrected chi connectivity index (χ4v) is 2.49. The second kappa shape index (κ2) is 5.36. The number of hydrogen-bond donors (Lipinski definition) is 2. The summed E-state index contributed by atoms with van der Waals surface area (Å²) in [6, 6.07) is 6.33. The molecule has 3 N–H and O–H groups in total. The zero-order valence-electron chi connectivity index (χ0n) is 11.4. The molecular weight excluding hydrogens is 222 g/mol. The second-order valence-electron chi connectivity index (χ2n) is 4.62. The van der Waals surface area contributed by atoms with E-state index in [0.717, 1.165) is 47.1 Å². The molecule has 0 radical (unpaired) electrons. The number of fused-ring (bicyclic) bond motifs is 1. The van der Waals surface area contributed by atoms with Crippen LogP contribution in [0.4, 0.5) is 5.69 Å². The third kappa shape index (κ3) is 2.06. The van der Waals surface area contributed by atoms with Gasteiger partial charge in [-0.3, -0.25) is 10.8 Å². The van der Waals surface area contributed by atoms with Crippen molar-refractivity contribution in [1.29, 1.82) is 0 Å². The van der Waals surface area contributed by atoms with Gasteiger partial charge in [0.25, 0.3) is 0 Å². The Balaban J connectivity index is 2.78. The Morgan fingerprint density at radius 3 is 2.67 bits per heavy atom. The van der Waals surface area contributed by atoms with E-state index in [-0.39, 0.29) is 0 Å². The fraction of sp³-hybridized carbons (Fsp3) is 0.400. The maximum Gasteiger partial charge on any atom is 0.0758 e. The van der Waals surface area contributed by atoms with E-state index in [4.69, 9.17) is 10.8 Å². The maximum atomic E-state index is 5.69. The van der Waals surface area contributed by atoms with Gasteiger partial charge in [0, 0.05) is 11.1 Å². The lowest BCUT2D eigenvalue weighted by Crippen LogP contribution is -2.11. The van der Waals surface area contributed by atoms with E-state index in [0.29, 0.717) is 0 Å². The van der Waals surface area contributed by atoms with E-state index in [1.54, 1.807) is 0 Å². The average Bonchev–Trinajstić information content (AvgIpc) is 2.39. The molecule has 96 valence electrons. The summed E-state index contributed by atoms with van der Waals surface area (Å²) in [6.45, 7) is 6.40. The highest BCUT2D eigenvalue weighted by Crippen LogP contribution is 2.30. The van der Waals surface area contributed by atoms with Crippen LogP contribution in [0.25, 0.3) is 10.9 Å². The molecule has 3 nitrogen and oxygen atoms in total. The monoisotopic (exact) mass is 243 g/mol. The summed E-state index contributed by atoms with van der Waals surface area (Å²) in [7, 11) is 0. The van der Waals surface area contributed by atoms with Crippen LogP contribution in [0.1, 0.15) is 37.1 Å². The fourth-order valence-electron chi connectivity index (χ4n) is 2.49. The van der Waals surface area contributed by atoms with E-state index in [2.05, 4.69) is 44.4 Å². The molecule has 3 heteroatoms. The van der Waals surface area contributed by atoms with E-state index in [1.807, 2.05) is 0 Å². The summed E-state index contributed by atoms with van der Waals surface area (Å²) >= 11 is 0. The number of nitrogen functional groups attached to an aromatic ring is 1. The van der Waals surface area contributed by atoms with Crippen LogP contribution in [0, 0.1) is 6.92 Å². The molecule has 0 spiro atoms. The average molecular weight is 243 g/mol. The van der Waals surface area contributed by atoms with E-state index >= 15 is 0 Å². The zero-order valence-corrected chi connectivity index (χ0v) is 11.4. The molecule has 18 heavy (non-hydrogen) atoms. The lowest BCUT2D eigenvalue weighted by Gasteiger charge is -2.15. The quantitative estimate of drug-likeness (QED) is 0.639. The van der Waals surface area contributed by atoms with Crippen LogP contribution in [0.15, 0.2) is 18.2 Å². The Morgan fingerprint density at radius 1 is 1.28 bits per heavy atom. The predicted molar refractivity (Wildman–Crippen MR) is 77.7 cm³/mol. The van der Waals surface area contributed by atoms with Crippen molar-refractivity contribution in [3.63, 3.8) is 0 Å². The molecule has 1 aromatic heterocycles. The summed E-state index contributed by atoms with van der Waals surface area (Å²) < 4.78 is 0. The summed E-state index contributed by atoms with van der Waals surface area (Å²) in [6.07, 6.45) is 3.11. The number of aromatic nitrogens is 1. The van der Waals surface area contributed by atoms with Gasteiger partial charge in [-0.1, -0.05) is 38.5 Å². The van der Waals surface area contributed by atoms with Crippen molar-refractivity contribution in [3.05, 3.63) is 35.0 Å². The molecule has 0 amide bonds. The van der Waals surface area contributed by atoms with E-state index in [1.165, 1.54) is 5.56 Å². The number of aryl methyl sites for hydroxylation is 2. The Morgan fingerprint density at radius 2 is 2.06 bits per heavy atom. The molecule has 0 aliphatic carbocycles. The van der Waals surface area contributed by atoms with E-state index < -0.39 is 0 Å². The van der Waals surface area contributed by atoms with Crippen molar-refractivity contribution in [1.82, 2.24) is 4.98 Å². The van der Waals surface area contributed by atoms with Gasteiger partial charge in [0.1, 0.15) is 0 Å². The van der Waals surface area contributed by atoms with Crippen LogP contribution in [0.2, 0.25) is 0 Å². The molecular formula is C15H21N3.